The molecule has 3 nitrogen and oxygen atoms in total. The largest absolute Gasteiger partial charge is 0.481 e. The van der Waals surface area contributed by atoms with Crippen molar-refractivity contribution in [2.45, 2.75) is 18.2 Å². The fourth-order valence-corrected chi connectivity index (χ4v) is 3.49. The van der Waals surface area contributed by atoms with Gasteiger partial charge in [-0.25, -0.2) is 0 Å². The standard InChI is InChI=1S/C18H20ClNO2/c19-17(12-20-9-3-6-16(11-20)18(21)22)15-8-7-13-4-1-2-5-14(13)10-15/h1-2,4-5,7-8,10,16-17H,3,6,9,11-12H2,(H,21,22). The van der Waals surface area contributed by atoms with E-state index in [-0.39, 0.29) is 11.3 Å². The van der Waals surface area contributed by atoms with E-state index in [1.807, 2.05) is 12.1 Å². The lowest BCUT2D eigenvalue weighted by Crippen LogP contribution is -2.40. The van der Waals surface area contributed by atoms with Crippen molar-refractivity contribution in [3.63, 3.8) is 0 Å². The van der Waals surface area contributed by atoms with E-state index < -0.39 is 5.97 Å². The Labute approximate surface area is 135 Å². The molecule has 0 radical (unpaired) electrons. The minimum atomic E-state index is -0.693. The molecule has 1 heterocycles. The molecule has 2 aromatic rings. The summed E-state index contributed by atoms with van der Waals surface area (Å²) in [5.41, 5.74) is 1.10. The first kappa shape index (κ1) is 15.3. The Bertz CT molecular complexity index is 673. The van der Waals surface area contributed by atoms with Crippen molar-refractivity contribution in [3.05, 3.63) is 48.0 Å². The van der Waals surface area contributed by atoms with E-state index in [9.17, 15) is 4.79 Å². The van der Waals surface area contributed by atoms with Gasteiger partial charge in [-0.1, -0.05) is 36.4 Å². The number of piperidine rings is 1. The van der Waals surface area contributed by atoms with Gasteiger partial charge in [-0.05, 0) is 41.8 Å². The number of rotatable bonds is 4. The molecule has 0 aromatic heterocycles. The van der Waals surface area contributed by atoms with Crippen molar-refractivity contribution in [1.29, 1.82) is 0 Å². The van der Waals surface area contributed by atoms with Crippen LogP contribution in [0, 0.1) is 5.92 Å². The monoisotopic (exact) mass is 317 g/mol. The fourth-order valence-electron chi connectivity index (χ4n) is 3.16. The molecule has 0 aliphatic carbocycles. The highest BCUT2D eigenvalue weighted by molar-refractivity contribution is 6.21. The average Bonchev–Trinajstić information content (AvgIpc) is 2.54. The second-order valence-electron chi connectivity index (χ2n) is 6.01. The molecule has 2 atom stereocenters. The summed E-state index contributed by atoms with van der Waals surface area (Å²) in [6.45, 7) is 2.23. The Morgan fingerprint density at radius 3 is 2.82 bits per heavy atom. The van der Waals surface area contributed by atoms with E-state index in [4.69, 9.17) is 16.7 Å². The number of alkyl halides is 1. The Balaban J connectivity index is 1.70. The highest BCUT2D eigenvalue weighted by Crippen LogP contribution is 2.27. The van der Waals surface area contributed by atoms with Crippen LogP contribution in [0.1, 0.15) is 23.8 Å². The number of halogens is 1. The van der Waals surface area contributed by atoms with Crippen LogP contribution < -0.4 is 0 Å². The lowest BCUT2D eigenvalue weighted by molar-refractivity contribution is -0.143. The van der Waals surface area contributed by atoms with Gasteiger partial charge in [-0.3, -0.25) is 4.79 Å². The first-order valence-corrected chi connectivity index (χ1v) is 8.15. The highest BCUT2D eigenvalue weighted by atomic mass is 35.5. The predicted octanol–water partition coefficient (Wildman–Crippen LogP) is 3.92. The molecule has 1 aliphatic heterocycles. The van der Waals surface area contributed by atoms with E-state index >= 15 is 0 Å². The average molecular weight is 318 g/mol. The molecule has 22 heavy (non-hydrogen) atoms. The van der Waals surface area contributed by atoms with Crippen LogP contribution in [0.2, 0.25) is 0 Å². The number of fused-ring (bicyclic) bond motifs is 1. The summed E-state index contributed by atoms with van der Waals surface area (Å²) in [6.07, 6.45) is 1.70. The zero-order chi connectivity index (χ0) is 15.5. The van der Waals surface area contributed by atoms with Gasteiger partial charge in [0.2, 0.25) is 0 Å². The molecule has 0 amide bonds. The Hall–Kier alpha value is -1.58. The second-order valence-corrected chi connectivity index (χ2v) is 6.54. The summed E-state index contributed by atoms with van der Waals surface area (Å²) in [7, 11) is 0. The molecule has 2 unspecified atom stereocenters. The number of likely N-dealkylation sites (tertiary alicyclic amines) is 1. The summed E-state index contributed by atoms with van der Waals surface area (Å²) in [5.74, 6) is -0.948. The molecule has 0 saturated carbocycles. The van der Waals surface area contributed by atoms with Crippen LogP contribution in [0.25, 0.3) is 10.8 Å². The molecule has 1 aliphatic rings. The molecular formula is C18H20ClNO2. The molecule has 0 spiro atoms. The number of nitrogens with zero attached hydrogens (tertiary/aromatic N) is 1. The van der Waals surface area contributed by atoms with Crippen molar-refractivity contribution in [2.75, 3.05) is 19.6 Å². The van der Waals surface area contributed by atoms with Gasteiger partial charge >= 0.3 is 5.97 Å². The molecule has 116 valence electrons. The minimum absolute atomic E-state index is 0.114. The van der Waals surface area contributed by atoms with Gasteiger partial charge in [0.25, 0.3) is 0 Å². The van der Waals surface area contributed by atoms with Crippen LogP contribution in [-0.4, -0.2) is 35.6 Å². The SMILES string of the molecule is O=C(O)C1CCCN(CC(Cl)c2ccc3ccccc3c2)C1. The maximum atomic E-state index is 11.1. The third-order valence-corrected chi connectivity index (χ3v) is 4.80. The first-order chi connectivity index (χ1) is 10.6. The molecule has 2 aromatic carbocycles. The Morgan fingerprint density at radius 1 is 1.27 bits per heavy atom. The highest BCUT2D eigenvalue weighted by Gasteiger charge is 2.26. The van der Waals surface area contributed by atoms with Crippen molar-refractivity contribution in [3.8, 4) is 0 Å². The Kier molecular flexibility index (Phi) is 4.65. The van der Waals surface area contributed by atoms with Gasteiger partial charge in [-0.2, -0.15) is 0 Å². The van der Waals surface area contributed by atoms with E-state index in [0.717, 1.165) is 24.9 Å². The van der Waals surface area contributed by atoms with Crippen LogP contribution in [0.15, 0.2) is 42.5 Å². The normalized spacial score (nSPS) is 20.9. The van der Waals surface area contributed by atoms with Crippen molar-refractivity contribution in [1.82, 2.24) is 4.90 Å². The first-order valence-electron chi connectivity index (χ1n) is 7.71. The van der Waals surface area contributed by atoms with E-state index in [1.165, 1.54) is 10.8 Å². The fraction of sp³-hybridized carbons (Fsp3) is 0.389. The third kappa shape index (κ3) is 3.42. The number of hydrogen-bond donors (Lipinski definition) is 1. The summed E-state index contributed by atoms with van der Waals surface area (Å²) >= 11 is 6.58. The molecule has 1 saturated heterocycles. The van der Waals surface area contributed by atoms with Crippen molar-refractivity contribution < 1.29 is 9.90 Å². The predicted molar refractivity (Wildman–Crippen MR) is 89.3 cm³/mol. The maximum absolute atomic E-state index is 11.1. The minimum Gasteiger partial charge on any atom is -0.481 e. The molecule has 1 N–H and O–H groups in total. The van der Waals surface area contributed by atoms with Gasteiger partial charge in [0.05, 0.1) is 11.3 Å². The number of carboxylic acid groups (broad SMARTS) is 1. The van der Waals surface area contributed by atoms with Gasteiger partial charge < -0.3 is 10.0 Å². The topological polar surface area (TPSA) is 40.5 Å². The number of carbonyl (C=O) groups is 1. The zero-order valence-electron chi connectivity index (χ0n) is 12.4. The van der Waals surface area contributed by atoms with Crippen LogP contribution in [0.3, 0.4) is 0 Å². The van der Waals surface area contributed by atoms with Crippen LogP contribution in [0.4, 0.5) is 0 Å². The number of carboxylic acids is 1. The second kappa shape index (κ2) is 6.67. The van der Waals surface area contributed by atoms with Crippen LogP contribution in [0.5, 0.6) is 0 Å². The van der Waals surface area contributed by atoms with Crippen LogP contribution in [-0.2, 0) is 4.79 Å². The van der Waals surface area contributed by atoms with Gasteiger partial charge in [0.15, 0.2) is 0 Å². The quantitative estimate of drug-likeness (QED) is 0.869. The molecule has 3 rings (SSSR count). The van der Waals surface area contributed by atoms with Crippen LogP contribution >= 0.6 is 11.6 Å². The van der Waals surface area contributed by atoms with Gasteiger partial charge in [0.1, 0.15) is 0 Å². The molecule has 1 fully saturated rings. The van der Waals surface area contributed by atoms with Crippen molar-refractivity contribution in [2.24, 2.45) is 5.92 Å². The number of benzene rings is 2. The molecule has 4 heteroatoms. The molecule has 0 bridgehead atoms. The summed E-state index contributed by atoms with van der Waals surface area (Å²) < 4.78 is 0. The third-order valence-electron chi connectivity index (χ3n) is 4.41. The summed E-state index contributed by atoms with van der Waals surface area (Å²) in [5, 5.41) is 11.4. The number of hydrogen-bond acceptors (Lipinski definition) is 2. The van der Waals surface area contributed by atoms with Crippen molar-refractivity contribution >= 4 is 28.3 Å². The summed E-state index contributed by atoms with van der Waals surface area (Å²) in [4.78, 5) is 13.3. The zero-order valence-corrected chi connectivity index (χ0v) is 13.2. The van der Waals surface area contributed by atoms with Gasteiger partial charge in [0, 0.05) is 13.1 Å². The number of aliphatic carboxylic acids is 1. The summed E-state index contributed by atoms with van der Waals surface area (Å²) in [6, 6.07) is 14.5. The smallest absolute Gasteiger partial charge is 0.307 e. The van der Waals surface area contributed by atoms with Gasteiger partial charge in [-0.15, -0.1) is 11.6 Å². The molecular weight excluding hydrogens is 298 g/mol. The van der Waals surface area contributed by atoms with E-state index in [2.05, 4.69) is 35.2 Å². The lowest BCUT2D eigenvalue weighted by atomic mass is 9.97. The van der Waals surface area contributed by atoms with E-state index in [1.54, 1.807) is 0 Å². The maximum Gasteiger partial charge on any atom is 0.307 e. The van der Waals surface area contributed by atoms with E-state index in [0.29, 0.717) is 13.1 Å². The Morgan fingerprint density at radius 2 is 2.05 bits per heavy atom. The lowest BCUT2D eigenvalue weighted by Gasteiger charge is -2.32.